The Morgan fingerprint density at radius 3 is 1.09 bits per heavy atom. The van der Waals surface area contributed by atoms with Gasteiger partial charge in [-0.2, -0.15) is 0 Å². The van der Waals surface area contributed by atoms with Crippen LogP contribution >= 0.6 is 0 Å². The average Bonchev–Trinajstić information content (AvgIpc) is 3.92. The second kappa shape index (κ2) is 13.5. The summed E-state index contributed by atoms with van der Waals surface area (Å²) in [6.07, 6.45) is 0. The van der Waals surface area contributed by atoms with Crippen molar-refractivity contribution < 1.29 is 46.6 Å². The van der Waals surface area contributed by atoms with E-state index in [9.17, 15) is 4.79 Å². The summed E-state index contributed by atoms with van der Waals surface area (Å²) in [6.45, 7) is 0. The maximum atomic E-state index is 10.9. The largest absolute Gasteiger partial charge is 2.00 e. The number of hydrogen-bond donors (Lipinski definition) is 3. The molecule has 0 atom stereocenters. The summed E-state index contributed by atoms with van der Waals surface area (Å²) in [6, 6.07) is 33.8. The zero-order chi connectivity index (χ0) is 36.2. The van der Waals surface area contributed by atoms with Crippen LogP contribution in [0.4, 0.5) is 0 Å². The zero-order valence-electron chi connectivity index (χ0n) is 28.1. The number of phenolic OH excluding ortho intramolecular Hbond substituents is 3. The number of aromatic nitrogens is 8. The van der Waals surface area contributed by atoms with Crippen LogP contribution in [0.1, 0.15) is 10.4 Å². The van der Waals surface area contributed by atoms with Gasteiger partial charge in [-0.3, -0.25) is 0 Å². The van der Waals surface area contributed by atoms with Gasteiger partial charge in [-0.25, -0.2) is 14.8 Å². The average molecular weight is 745 g/mol. The number of hydrogen-bond acceptors (Lipinski definition) is 11. The molecule has 5 aromatic carbocycles. The Bertz CT molecular complexity index is 2640. The molecule has 54 heavy (non-hydrogen) atoms. The van der Waals surface area contributed by atoms with Crippen LogP contribution in [0.2, 0.25) is 0 Å². The zero-order valence-corrected chi connectivity index (χ0v) is 29.7. The Morgan fingerprint density at radius 2 is 0.796 bits per heavy atom. The minimum Gasteiger partial charge on any atom is -0.504 e. The van der Waals surface area contributed by atoms with Crippen molar-refractivity contribution in [2.24, 2.45) is 0 Å². The summed E-state index contributed by atoms with van der Waals surface area (Å²) < 4.78 is 4.34. The Balaban J connectivity index is 0.000000254. The van der Waals surface area contributed by atoms with Crippen LogP contribution in [0.3, 0.4) is 0 Å². The number of phenols is 3. The molecule has 0 saturated carbocycles. The van der Waals surface area contributed by atoms with Gasteiger partial charge in [-0.15, -0.1) is 0 Å². The predicted octanol–water partition coefficient (Wildman–Crippen LogP) is 6.71. The molecule has 0 amide bonds. The molecule has 2 aliphatic rings. The number of ether oxygens (including phenoxy) is 1. The van der Waals surface area contributed by atoms with E-state index >= 15 is 0 Å². The first-order valence-electron chi connectivity index (χ1n) is 16.3. The minimum absolute atomic E-state index is 0. The molecule has 3 N–H and O–H groups in total. The molecule has 13 nitrogen and oxygen atoms in total. The third kappa shape index (κ3) is 5.77. The van der Waals surface area contributed by atoms with Gasteiger partial charge in [0.2, 0.25) is 0 Å². The molecular weight excluding hydrogens is 720 g/mol. The van der Waals surface area contributed by atoms with E-state index in [0.29, 0.717) is 45.9 Å². The van der Waals surface area contributed by atoms with Crippen LogP contribution in [0.5, 0.6) is 17.2 Å². The van der Waals surface area contributed by atoms with Crippen molar-refractivity contribution >= 4 is 50.1 Å². The molecule has 10 rings (SSSR count). The van der Waals surface area contributed by atoms with Crippen molar-refractivity contribution in [2.75, 3.05) is 7.11 Å². The van der Waals surface area contributed by atoms with E-state index in [2.05, 4.69) is 4.74 Å². The molecule has 0 radical (unpaired) electrons. The molecule has 5 heterocycles. The molecule has 8 aromatic rings. The molecule has 14 heteroatoms. The number of methoxy groups -OCH3 is 1. The van der Waals surface area contributed by atoms with Crippen LogP contribution in [0.15, 0.2) is 109 Å². The molecule has 0 fully saturated rings. The summed E-state index contributed by atoms with van der Waals surface area (Å²) in [4.78, 5) is 50.2. The van der Waals surface area contributed by atoms with E-state index in [1.165, 1.54) is 7.11 Å². The molecular formula is C40H24N8O5Ti. The SMILES string of the molecule is COC(=O)c1cc(O)c(O)c(O)c1.[Ti+2].c1ccc2c(c1)-c1nc-2nc2[n-]c(nc3nc(nc4[n-]c(n1)c1ccccc41)-c1ccccc1-3)c1ccccc21. The quantitative estimate of drug-likeness (QED) is 0.0913. The standard InChI is InChI=1S/C32H16N8.C8H8O5.Ti/c1-2-10-18-17(9-1)25-33-26(18)38-28-21-13-5-6-14-22(21)30(35-28)40-32-24-16-8-7-15-23(24)31(36-32)39-29-20-12-4-3-11-19(20)27(34-29)37-25;1-13-8(12)4-2-5(9)7(11)6(10)3-4;/h1-16H;2-3,9-11H,1H3;/q-2;;+2. The van der Waals surface area contributed by atoms with Crippen LogP contribution < -0.4 is 9.97 Å². The van der Waals surface area contributed by atoms with Gasteiger partial charge >= 0.3 is 27.7 Å². The maximum Gasteiger partial charge on any atom is 2.00 e. The fourth-order valence-electron chi connectivity index (χ4n) is 6.30. The molecule has 2 aliphatic heterocycles. The summed E-state index contributed by atoms with van der Waals surface area (Å²) >= 11 is 0. The van der Waals surface area contributed by atoms with Crippen molar-refractivity contribution in [3.63, 3.8) is 0 Å². The first-order valence-corrected chi connectivity index (χ1v) is 16.3. The van der Waals surface area contributed by atoms with Crippen molar-refractivity contribution in [1.82, 2.24) is 39.9 Å². The smallest absolute Gasteiger partial charge is 0.504 e. The molecule has 258 valence electrons. The number of nitrogens with zero attached hydrogens (tertiary/aromatic N) is 8. The van der Waals surface area contributed by atoms with E-state index in [4.69, 9.17) is 55.2 Å². The van der Waals surface area contributed by atoms with Crippen molar-refractivity contribution in [2.45, 2.75) is 0 Å². The van der Waals surface area contributed by atoms with Gasteiger partial charge < -0.3 is 50.0 Å². The van der Waals surface area contributed by atoms with Crippen LogP contribution in [0.25, 0.3) is 89.7 Å². The Labute approximate surface area is 320 Å². The first kappa shape index (κ1) is 34.1. The fourth-order valence-corrected chi connectivity index (χ4v) is 6.30. The van der Waals surface area contributed by atoms with Gasteiger partial charge in [0, 0.05) is 44.8 Å². The Morgan fingerprint density at radius 1 is 0.500 bits per heavy atom. The minimum atomic E-state index is -0.703. The third-order valence-electron chi connectivity index (χ3n) is 8.82. The number of carbonyl (C=O) groups is 1. The summed E-state index contributed by atoms with van der Waals surface area (Å²) in [5.41, 5.74) is 5.75. The van der Waals surface area contributed by atoms with Crippen LogP contribution in [-0.4, -0.2) is 58.3 Å². The van der Waals surface area contributed by atoms with Gasteiger partial charge in [0.25, 0.3) is 0 Å². The maximum absolute atomic E-state index is 10.9. The molecule has 0 unspecified atom stereocenters. The monoisotopic (exact) mass is 744 g/mol. The first-order chi connectivity index (χ1) is 25.9. The van der Waals surface area contributed by atoms with Gasteiger partial charge in [0.1, 0.15) is 0 Å². The Hall–Kier alpha value is -6.96. The topological polar surface area (TPSA) is 193 Å². The van der Waals surface area contributed by atoms with E-state index in [0.717, 1.165) is 55.9 Å². The van der Waals surface area contributed by atoms with Gasteiger partial charge in [-0.1, -0.05) is 97.1 Å². The van der Waals surface area contributed by atoms with Crippen molar-refractivity contribution in [1.29, 1.82) is 0 Å². The second-order valence-electron chi connectivity index (χ2n) is 12.0. The summed E-state index contributed by atoms with van der Waals surface area (Å²) in [5.74, 6) is -0.293. The number of rotatable bonds is 1. The van der Waals surface area contributed by atoms with Gasteiger partial charge in [-0.05, 0) is 33.7 Å². The molecule has 8 bridgehead atoms. The van der Waals surface area contributed by atoms with E-state index in [1.807, 2.05) is 97.1 Å². The van der Waals surface area contributed by atoms with Crippen molar-refractivity contribution in [3.8, 4) is 62.8 Å². The molecule has 3 aromatic heterocycles. The summed E-state index contributed by atoms with van der Waals surface area (Å²) in [5, 5.41) is 30.5. The number of aromatic hydroxyl groups is 3. The summed E-state index contributed by atoms with van der Waals surface area (Å²) in [7, 11) is 1.17. The third-order valence-corrected chi connectivity index (χ3v) is 8.82. The molecule has 0 spiro atoms. The van der Waals surface area contributed by atoms with E-state index in [-0.39, 0.29) is 27.3 Å². The second-order valence-corrected chi connectivity index (χ2v) is 12.0. The van der Waals surface area contributed by atoms with Gasteiger partial charge in [0.05, 0.1) is 36.0 Å². The van der Waals surface area contributed by atoms with E-state index < -0.39 is 23.2 Å². The number of benzene rings is 5. The van der Waals surface area contributed by atoms with Crippen molar-refractivity contribution in [3.05, 3.63) is 115 Å². The van der Waals surface area contributed by atoms with Crippen LogP contribution in [0, 0.1) is 0 Å². The number of fused-ring (bicyclic) bond motifs is 20. The predicted molar refractivity (Wildman–Crippen MR) is 197 cm³/mol. The van der Waals surface area contributed by atoms with E-state index in [1.54, 1.807) is 0 Å². The number of carbonyl (C=O) groups excluding carboxylic acids is 1. The molecule has 0 aliphatic carbocycles. The van der Waals surface area contributed by atoms with Crippen LogP contribution in [-0.2, 0) is 26.5 Å². The fraction of sp³-hybridized carbons (Fsp3) is 0.0250. The number of esters is 1. The Kier molecular flexibility index (Phi) is 8.57. The normalized spacial score (nSPS) is 11.2. The molecule has 0 saturated heterocycles. The van der Waals surface area contributed by atoms with Gasteiger partial charge in [0.15, 0.2) is 17.2 Å².